The molecule has 1 aliphatic carbocycles. The third kappa shape index (κ3) is 3.46. The van der Waals surface area contributed by atoms with Crippen LogP contribution in [0.2, 0.25) is 0 Å². The largest absolute Gasteiger partial charge is 0.316 e. The minimum absolute atomic E-state index is 0.873. The third-order valence-electron chi connectivity index (χ3n) is 4.58. The van der Waals surface area contributed by atoms with E-state index in [9.17, 15) is 0 Å². The molecule has 16 heavy (non-hydrogen) atoms. The maximum Gasteiger partial charge on any atom is 0.00947 e. The van der Waals surface area contributed by atoms with Crippen molar-refractivity contribution in [3.8, 4) is 0 Å². The molecule has 0 bridgehead atoms. The van der Waals surface area contributed by atoms with Gasteiger partial charge in [0, 0.05) is 6.04 Å². The molecule has 0 aromatic rings. The lowest BCUT2D eigenvalue weighted by Gasteiger charge is -2.34. The second kappa shape index (κ2) is 6.02. The molecule has 0 radical (unpaired) electrons. The van der Waals surface area contributed by atoms with E-state index >= 15 is 0 Å². The monoisotopic (exact) mass is 224 g/mol. The molecule has 1 heterocycles. The van der Waals surface area contributed by atoms with Crippen LogP contribution >= 0.6 is 0 Å². The first-order chi connectivity index (χ1) is 7.75. The van der Waals surface area contributed by atoms with Crippen molar-refractivity contribution in [2.75, 3.05) is 26.7 Å². The van der Waals surface area contributed by atoms with E-state index in [2.05, 4.69) is 24.2 Å². The normalized spacial score (nSPS) is 35.8. The molecule has 1 saturated heterocycles. The molecule has 0 spiro atoms. The van der Waals surface area contributed by atoms with Gasteiger partial charge in [-0.2, -0.15) is 0 Å². The number of nitrogens with one attached hydrogen (secondary N) is 1. The van der Waals surface area contributed by atoms with Crippen LogP contribution in [0.1, 0.15) is 45.4 Å². The van der Waals surface area contributed by atoms with Crippen LogP contribution in [-0.2, 0) is 0 Å². The average Bonchev–Trinajstić information content (AvgIpc) is 2.78. The molecule has 3 atom stereocenters. The van der Waals surface area contributed by atoms with Crippen LogP contribution in [0.3, 0.4) is 0 Å². The van der Waals surface area contributed by atoms with Crippen molar-refractivity contribution in [1.29, 1.82) is 0 Å². The van der Waals surface area contributed by atoms with Crippen molar-refractivity contribution >= 4 is 0 Å². The fourth-order valence-corrected chi connectivity index (χ4v) is 3.33. The SMILES string of the molecule is CC1CCCC(N(C)CCC2CCNC2)C1. The summed E-state index contributed by atoms with van der Waals surface area (Å²) >= 11 is 0. The number of nitrogens with zero attached hydrogens (tertiary/aromatic N) is 1. The first-order valence-corrected chi connectivity index (χ1v) is 7.16. The van der Waals surface area contributed by atoms with Crippen molar-refractivity contribution < 1.29 is 0 Å². The molecular formula is C14H28N2. The van der Waals surface area contributed by atoms with Gasteiger partial charge in [-0.3, -0.25) is 0 Å². The molecule has 94 valence electrons. The van der Waals surface area contributed by atoms with E-state index in [-0.39, 0.29) is 0 Å². The van der Waals surface area contributed by atoms with Crippen molar-refractivity contribution in [3.63, 3.8) is 0 Å². The highest BCUT2D eigenvalue weighted by atomic mass is 15.1. The second-order valence-corrected chi connectivity index (χ2v) is 6.05. The first-order valence-electron chi connectivity index (χ1n) is 7.16. The lowest BCUT2D eigenvalue weighted by atomic mass is 9.86. The van der Waals surface area contributed by atoms with Crippen LogP contribution < -0.4 is 5.32 Å². The Morgan fingerprint density at radius 3 is 2.81 bits per heavy atom. The second-order valence-electron chi connectivity index (χ2n) is 6.05. The Kier molecular flexibility index (Phi) is 4.66. The number of hydrogen-bond donors (Lipinski definition) is 1. The van der Waals surface area contributed by atoms with Crippen molar-refractivity contribution in [2.24, 2.45) is 11.8 Å². The van der Waals surface area contributed by atoms with Gasteiger partial charge in [0.05, 0.1) is 0 Å². The van der Waals surface area contributed by atoms with Gasteiger partial charge in [0.25, 0.3) is 0 Å². The molecule has 2 aliphatic rings. The molecule has 0 amide bonds. The smallest absolute Gasteiger partial charge is 0.00947 e. The summed E-state index contributed by atoms with van der Waals surface area (Å²) < 4.78 is 0. The number of hydrogen-bond acceptors (Lipinski definition) is 2. The maximum absolute atomic E-state index is 3.46. The van der Waals surface area contributed by atoms with Crippen LogP contribution in [0.5, 0.6) is 0 Å². The van der Waals surface area contributed by atoms with E-state index < -0.39 is 0 Å². The summed E-state index contributed by atoms with van der Waals surface area (Å²) in [5.74, 6) is 1.90. The lowest BCUT2D eigenvalue weighted by molar-refractivity contribution is 0.157. The topological polar surface area (TPSA) is 15.3 Å². The maximum atomic E-state index is 3.46. The first kappa shape index (κ1) is 12.4. The van der Waals surface area contributed by atoms with Crippen LogP contribution in [0.25, 0.3) is 0 Å². The van der Waals surface area contributed by atoms with Crippen LogP contribution in [0.4, 0.5) is 0 Å². The van der Waals surface area contributed by atoms with Gasteiger partial charge in [0.15, 0.2) is 0 Å². The molecule has 0 aromatic carbocycles. The van der Waals surface area contributed by atoms with Crippen LogP contribution in [0, 0.1) is 11.8 Å². The molecular weight excluding hydrogens is 196 g/mol. The van der Waals surface area contributed by atoms with Gasteiger partial charge in [0.2, 0.25) is 0 Å². The highest BCUT2D eigenvalue weighted by Crippen LogP contribution is 2.27. The fourth-order valence-electron chi connectivity index (χ4n) is 3.33. The number of rotatable bonds is 4. The van der Waals surface area contributed by atoms with Crippen LogP contribution in [0.15, 0.2) is 0 Å². The molecule has 2 fully saturated rings. The minimum atomic E-state index is 0.873. The Morgan fingerprint density at radius 2 is 2.12 bits per heavy atom. The Morgan fingerprint density at radius 1 is 1.25 bits per heavy atom. The van der Waals surface area contributed by atoms with Gasteiger partial charge in [-0.15, -0.1) is 0 Å². The molecule has 2 nitrogen and oxygen atoms in total. The molecule has 1 aliphatic heterocycles. The summed E-state index contributed by atoms with van der Waals surface area (Å²) in [6, 6.07) is 0.873. The molecule has 3 unspecified atom stereocenters. The summed E-state index contributed by atoms with van der Waals surface area (Å²) in [7, 11) is 2.34. The summed E-state index contributed by atoms with van der Waals surface area (Å²) in [5, 5.41) is 3.46. The predicted molar refractivity (Wildman–Crippen MR) is 69.6 cm³/mol. The van der Waals surface area contributed by atoms with Gasteiger partial charge >= 0.3 is 0 Å². The Bertz CT molecular complexity index is 199. The van der Waals surface area contributed by atoms with E-state index in [1.165, 1.54) is 58.2 Å². The summed E-state index contributed by atoms with van der Waals surface area (Å²) in [6.07, 6.45) is 8.56. The van der Waals surface area contributed by atoms with Gasteiger partial charge in [-0.25, -0.2) is 0 Å². The zero-order valence-corrected chi connectivity index (χ0v) is 11.0. The molecule has 2 rings (SSSR count). The van der Waals surface area contributed by atoms with E-state index in [0.717, 1.165) is 17.9 Å². The fraction of sp³-hybridized carbons (Fsp3) is 1.00. The van der Waals surface area contributed by atoms with Gasteiger partial charge in [0.1, 0.15) is 0 Å². The van der Waals surface area contributed by atoms with E-state index in [0.29, 0.717) is 0 Å². The summed E-state index contributed by atoms with van der Waals surface area (Å²) in [6.45, 7) is 6.23. The standard InChI is InChI=1S/C14H28N2/c1-12-4-3-5-14(10-12)16(2)9-7-13-6-8-15-11-13/h12-15H,3-11H2,1-2H3. The summed E-state index contributed by atoms with van der Waals surface area (Å²) in [5.41, 5.74) is 0. The Hall–Kier alpha value is -0.0800. The van der Waals surface area contributed by atoms with Crippen molar-refractivity contribution in [3.05, 3.63) is 0 Å². The van der Waals surface area contributed by atoms with Crippen LogP contribution in [-0.4, -0.2) is 37.6 Å². The zero-order chi connectivity index (χ0) is 11.4. The highest BCUT2D eigenvalue weighted by Gasteiger charge is 2.23. The Labute approximate surface area is 101 Å². The van der Waals surface area contributed by atoms with E-state index in [1.807, 2.05) is 0 Å². The predicted octanol–water partition coefficient (Wildman–Crippen LogP) is 2.50. The van der Waals surface area contributed by atoms with Crippen molar-refractivity contribution in [1.82, 2.24) is 10.2 Å². The molecule has 0 aromatic heterocycles. The van der Waals surface area contributed by atoms with Gasteiger partial charge < -0.3 is 10.2 Å². The van der Waals surface area contributed by atoms with Gasteiger partial charge in [-0.1, -0.05) is 19.8 Å². The third-order valence-corrected chi connectivity index (χ3v) is 4.58. The van der Waals surface area contributed by atoms with E-state index in [1.54, 1.807) is 0 Å². The lowest BCUT2D eigenvalue weighted by Crippen LogP contribution is -2.36. The van der Waals surface area contributed by atoms with Crippen molar-refractivity contribution in [2.45, 2.75) is 51.5 Å². The van der Waals surface area contributed by atoms with E-state index in [4.69, 9.17) is 0 Å². The quantitative estimate of drug-likeness (QED) is 0.789. The molecule has 2 heteroatoms. The molecule has 1 N–H and O–H groups in total. The Balaban J connectivity index is 1.67. The average molecular weight is 224 g/mol. The zero-order valence-electron chi connectivity index (χ0n) is 11.0. The highest BCUT2D eigenvalue weighted by molar-refractivity contribution is 4.79. The summed E-state index contributed by atoms with van der Waals surface area (Å²) in [4.78, 5) is 2.63. The minimum Gasteiger partial charge on any atom is -0.316 e. The molecule has 1 saturated carbocycles. The van der Waals surface area contributed by atoms with Gasteiger partial charge in [-0.05, 0) is 64.2 Å².